The van der Waals surface area contributed by atoms with E-state index in [0.717, 1.165) is 29.6 Å². The Morgan fingerprint density at radius 2 is 1.95 bits per heavy atom. The molecular weight excluding hydrogens is 268 g/mol. The van der Waals surface area contributed by atoms with Crippen LogP contribution < -0.4 is 10.1 Å². The van der Waals surface area contributed by atoms with E-state index in [0.29, 0.717) is 18.4 Å². The van der Waals surface area contributed by atoms with Crippen molar-refractivity contribution >= 4 is 23.0 Å². The lowest BCUT2D eigenvalue weighted by Crippen LogP contribution is -2.44. The zero-order chi connectivity index (χ0) is 14.5. The normalized spacial score (nSPS) is 22.4. The maximum Gasteiger partial charge on any atom is 0.173 e. The van der Waals surface area contributed by atoms with Gasteiger partial charge in [-0.2, -0.15) is 0 Å². The molecule has 0 aliphatic carbocycles. The smallest absolute Gasteiger partial charge is 0.173 e. The molecule has 0 radical (unpaired) electrons. The number of benzene rings is 1. The third-order valence-electron chi connectivity index (χ3n) is 3.58. The van der Waals surface area contributed by atoms with Gasteiger partial charge in [-0.1, -0.05) is 26.0 Å². The number of rotatable bonds is 3. The van der Waals surface area contributed by atoms with E-state index in [4.69, 9.17) is 17.0 Å². The van der Waals surface area contributed by atoms with Gasteiger partial charge >= 0.3 is 0 Å². The van der Waals surface area contributed by atoms with E-state index in [1.807, 2.05) is 31.2 Å². The maximum absolute atomic E-state index is 5.63. The summed E-state index contributed by atoms with van der Waals surface area (Å²) < 4.78 is 5.63. The number of para-hydroxylation sites is 2. The van der Waals surface area contributed by atoms with Crippen molar-refractivity contribution in [2.24, 2.45) is 11.8 Å². The van der Waals surface area contributed by atoms with Crippen molar-refractivity contribution in [1.82, 2.24) is 4.90 Å². The number of hydrogen-bond acceptors (Lipinski definition) is 2. The molecule has 0 amide bonds. The average Bonchev–Trinajstić information content (AvgIpc) is 2.40. The van der Waals surface area contributed by atoms with Gasteiger partial charge in [0, 0.05) is 13.1 Å². The highest BCUT2D eigenvalue weighted by Crippen LogP contribution is 2.26. The average molecular weight is 292 g/mol. The first kappa shape index (κ1) is 15.1. The zero-order valence-corrected chi connectivity index (χ0v) is 13.4. The van der Waals surface area contributed by atoms with Crippen LogP contribution in [0.4, 0.5) is 5.69 Å². The van der Waals surface area contributed by atoms with E-state index in [1.54, 1.807) is 0 Å². The van der Waals surface area contributed by atoms with Gasteiger partial charge in [0.15, 0.2) is 5.11 Å². The molecule has 4 heteroatoms. The van der Waals surface area contributed by atoms with E-state index < -0.39 is 0 Å². The monoisotopic (exact) mass is 292 g/mol. The molecule has 2 atom stereocenters. The van der Waals surface area contributed by atoms with Crippen LogP contribution in [-0.4, -0.2) is 29.7 Å². The Hall–Kier alpha value is -1.29. The Bertz CT molecular complexity index is 454. The van der Waals surface area contributed by atoms with E-state index >= 15 is 0 Å². The van der Waals surface area contributed by atoms with Gasteiger partial charge in [-0.25, -0.2) is 0 Å². The summed E-state index contributed by atoms with van der Waals surface area (Å²) in [5.41, 5.74) is 0.949. The molecule has 0 bridgehead atoms. The molecule has 1 heterocycles. The van der Waals surface area contributed by atoms with Crippen LogP contribution in [0.15, 0.2) is 24.3 Å². The highest BCUT2D eigenvalue weighted by molar-refractivity contribution is 7.80. The van der Waals surface area contributed by atoms with Gasteiger partial charge in [-0.15, -0.1) is 0 Å². The second kappa shape index (κ2) is 6.93. The number of nitrogens with one attached hydrogen (secondary N) is 1. The van der Waals surface area contributed by atoms with Gasteiger partial charge in [0.05, 0.1) is 12.3 Å². The molecule has 0 aromatic heterocycles. The number of hydrogen-bond donors (Lipinski definition) is 1. The van der Waals surface area contributed by atoms with E-state index in [9.17, 15) is 0 Å². The molecule has 1 aliphatic rings. The van der Waals surface area contributed by atoms with Crippen LogP contribution in [0.3, 0.4) is 0 Å². The molecule has 1 aromatic rings. The van der Waals surface area contributed by atoms with Crippen LogP contribution in [0.1, 0.15) is 27.2 Å². The fraction of sp³-hybridized carbons (Fsp3) is 0.562. The second-order valence-electron chi connectivity index (χ2n) is 5.71. The lowest BCUT2D eigenvalue weighted by Gasteiger charge is -2.36. The molecule has 0 unspecified atom stereocenters. The topological polar surface area (TPSA) is 24.5 Å². The quantitative estimate of drug-likeness (QED) is 0.857. The zero-order valence-electron chi connectivity index (χ0n) is 12.6. The van der Waals surface area contributed by atoms with Crippen LogP contribution in [0, 0.1) is 11.8 Å². The minimum atomic E-state index is 0.656. The molecule has 1 N–H and O–H groups in total. The summed E-state index contributed by atoms with van der Waals surface area (Å²) in [5.74, 6) is 2.25. The lowest BCUT2D eigenvalue weighted by atomic mass is 9.92. The van der Waals surface area contributed by atoms with E-state index in [-0.39, 0.29) is 0 Å². The number of nitrogens with zero attached hydrogens (tertiary/aromatic N) is 1. The number of piperidine rings is 1. The number of ether oxygens (including phenoxy) is 1. The van der Waals surface area contributed by atoms with Crippen molar-refractivity contribution in [3.63, 3.8) is 0 Å². The Morgan fingerprint density at radius 1 is 1.30 bits per heavy atom. The summed E-state index contributed by atoms with van der Waals surface area (Å²) in [5, 5.41) is 4.14. The summed E-state index contributed by atoms with van der Waals surface area (Å²) in [7, 11) is 0. The van der Waals surface area contributed by atoms with Crippen LogP contribution in [0.25, 0.3) is 0 Å². The molecule has 20 heavy (non-hydrogen) atoms. The van der Waals surface area contributed by atoms with Gasteiger partial charge in [-0.05, 0) is 49.5 Å². The predicted octanol–water partition coefficient (Wildman–Crippen LogP) is 3.76. The second-order valence-corrected chi connectivity index (χ2v) is 6.10. The minimum absolute atomic E-state index is 0.656. The fourth-order valence-corrected chi connectivity index (χ4v) is 3.13. The van der Waals surface area contributed by atoms with Crippen LogP contribution in [0.5, 0.6) is 5.75 Å². The number of likely N-dealkylation sites (tertiary alicyclic amines) is 1. The third kappa shape index (κ3) is 3.85. The van der Waals surface area contributed by atoms with Crippen molar-refractivity contribution in [3.05, 3.63) is 24.3 Å². The van der Waals surface area contributed by atoms with Crippen molar-refractivity contribution in [3.8, 4) is 5.75 Å². The summed E-state index contributed by atoms with van der Waals surface area (Å²) in [6, 6.07) is 7.95. The highest BCUT2D eigenvalue weighted by Gasteiger charge is 2.23. The molecule has 0 saturated carbocycles. The molecule has 1 aromatic carbocycles. The lowest BCUT2D eigenvalue weighted by molar-refractivity contribution is 0.216. The van der Waals surface area contributed by atoms with Gasteiger partial charge in [0.2, 0.25) is 0 Å². The number of thiocarbonyl (C=S) groups is 1. The van der Waals surface area contributed by atoms with Crippen LogP contribution in [0.2, 0.25) is 0 Å². The summed E-state index contributed by atoms with van der Waals surface area (Å²) in [6.45, 7) is 9.30. The van der Waals surface area contributed by atoms with Gasteiger partial charge in [-0.3, -0.25) is 0 Å². The first-order valence-corrected chi connectivity index (χ1v) is 7.78. The van der Waals surface area contributed by atoms with Crippen LogP contribution in [-0.2, 0) is 0 Å². The minimum Gasteiger partial charge on any atom is -0.492 e. The van der Waals surface area contributed by atoms with Crippen LogP contribution >= 0.6 is 12.2 Å². The fourth-order valence-electron chi connectivity index (χ4n) is 2.87. The van der Waals surface area contributed by atoms with Crippen molar-refractivity contribution in [2.75, 3.05) is 25.0 Å². The first-order chi connectivity index (χ1) is 9.60. The summed E-state index contributed by atoms with van der Waals surface area (Å²) in [4.78, 5) is 2.27. The van der Waals surface area contributed by atoms with Crippen molar-refractivity contribution in [2.45, 2.75) is 27.2 Å². The molecule has 2 rings (SSSR count). The Morgan fingerprint density at radius 3 is 2.60 bits per heavy atom. The first-order valence-electron chi connectivity index (χ1n) is 7.38. The molecule has 3 nitrogen and oxygen atoms in total. The van der Waals surface area contributed by atoms with Crippen molar-refractivity contribution in [1.29, 1.82) is 0 Å². The molecule has 1 fully saturated rings. The van der Waals surface area contributed by atoms with Crippen molar-refractivity contribution < 1.29 is 4.74 Å². The van der Waals surface area contributed by atoms with Gasteiger partial charge in [0.1, 0.15) is 5.75 Å². The highest BCUT2D eigenvalue weighted by atomic mass is 32.1. The molecule has 0 spiro atoms. The summed E-state index contributed by atoms with van der Waals surface area (Å²) >= 11 is 5.56. The molecule has 110 valence electrons. The van der Waals surface area contributed by atoms with E-state index in [1.165, 1.54) is 6.42 Å². The third-order valence-corrected chi connectivity index (χ3v) is 3.94. The Kier molecular flexibility index (Phi) is 5.24. The standard InChI is InChI=1S/C16H24N2OS/c1-4-19-15-8-6-5-7-14(15)17-16(20)18-10-12(2)9-13(3)11-18/h5-8,12-13H,4,9-11H2,1-3H3,(H,17,20)/t12-,13+. The summed E-state index contributed by atoms with van der Waals surface area (Å²) in [6.07, 6.45) is 1.29. The largest absolute Gasteiger partial charge is 0.492 e. The molecular formula is C16H24N2OS. The Labute approximate surface area is 127 Å². The molecule has 1 aliphatic heterocycles. The predicted molar refractivity (Wildman–Crippen MR) is 88.3 cm³/mol. The van der Waals surface area contributed by atoms with Gasteiger partial charge < -0.3 is 15.0 Å². The SMILES string of the molecule is CCOc1ccccc1NC(=S)N1C[C@H](C)C[C@H](C)C1. The number of anilines is 1. The maximum atomic E-state index is 5.63. The van der Waals surface area contributed by atoms with Gasteiger partial charge in [0.25, 0.3) is 0 Å². The van der Waals surface area contributed by atoms with E-state index in [2.05, 4.69) is 24.1 Å². The molecule has 1 saturated heterocycles. The Balaban J connectivity index is 2.04.